The van der Waals surface area contributed by atoms with E-state index in [9.17, 15) is 9.59 Å². The summed E-state index contributed by atoms with van der Waals surface area (Å²) in [6.07, 6.45) is 0.896. The van der Waals surface area contributed by atoms with Crippen molar-refractivity contribution in [2.24, 2.45) is 25.0 Å². The summed E-state index contributed by atoms with van der Waals surface area (Å²) >= 11 is 0. The molecule has 0 N–H and O–H groups in total. The average Bonchev–Trinajstić information content (AvgIpc) is 3.89. The van der Waals surface area contributed by atoms with Crippen molar-refractivity contribution in [3.8, 4) is 33.4 Å². The normalized spacial score (nSPS) is 14.6. The van der Waals surface area contributed by atoms with Gasteiger partial charge in [-0.3, -0.25) is 19.6 Å². The SMILES string of the molecule is C=N/C(=N\Cc1ccc2c(c1)C1(c3cc(C=O)ccc3-2)c2cc(C(=O)c3ccc(-c4ccccc4)cc3)ccc2-c2ccc(C(/N=C(\N=C)c3ccccc3)=N/Cc3ccccc3)cc21)c1ccccc1. The lowest BCUT2D eigenvalue weighted by atomic mass is 9.69. The third-order valence-corrected chi connectivity index (χ3v) is 13.5. The number of carbonyl (C=O) groups excluding carboxylic acids is 2. The quantitative estimate of drug-likeness (QED) is 0.0559. The molecule has 0 radical (unpaired) electrons. The summed E-state index contributed by atoms with van der Waals surface area (Å²) in [5.74, 6) is 1.38. The van der Waals surface area contributed by atoms with Gasteiger partial charge in [0.15, 0.2) is 23.3 Å². The molecule has 1 unspecified atom stereocenters. The fourth-order valence-electron chi connectivity index (χ4n) is 10.2. The van der Waals surface area contributed by atoms with E-state index >= 15 is 0 Å². The first-order chi connectivity index (χ1) is 35.0. The Morgan fingerprint density at radius 1 is 0.408 bits per heavy atom. The van der Waals surface area contributed by atoms with Crippen LogP contribution in [0.2, 0.25) is 0 Å². The zero-order valence-corrected chi connectivity index (χ0v) is 38.7. The van der Waals surface area contributed by atoms with Crippen LogP contribution < -0.4 is 0 Å². The van der Waals surface area contributed by atoms with E-state index < -0.39 is 5.41 Å². The van der Waals surface area contributed by atoms with Gasteiger partial charge in [-0.2, -0.15) is 0 Å². The van der Waals surface area contributed by atoms with E-state index in [2.05, 4.69) is 84.1 Å². The summed E-state index contributed by atoms with van der Waals surface area (Å²) in [4.78, 5) is 51.6. The van der Waals surface area contributed by atoms with Crippen LogP contribution in [0.5, 0.6) is 0 Å². The van der Waals surface area contributed by atoms with Crippen molar-refractivity contribution in [2.75, 3.05) is 0 Å². The summed E-state index contributed by atoms with van der Waals surface area (Å²) in [7, 11) is 0. The third-order valence-electron chi connectivity index (χ3n) is 13.5. The Morgan fingerprint density at radius 2 is 0.873 bits per heavy atom. The molecule has 7 nitrogen and oxygen atoms in total. The summed E-state index contributed by atoms with van der Waals surface area (Å²) in [5, 5.41) is 0. The van der Waals surface area contributed by atoms with Gasteiger partial charge in [-0.1, -0.05) is 200 Å². The lowest BCUT2D eigenvalue weighted by Crippen LogP contribution is -2.27. The van der Waals surface area contributed by atoms with Crippen LogP contribution in [-0.2, 0) is 18.5 Å². The van der Waals surface area contributed by atoms with Gasteiger partial charge in [0.2, 0.25) is 0 Å². The second-order valence-corrected chi connectivity index (χ2v) is 17.6. The lowest BCUT2D eigenvalue weighted by Gasteiger charge is -2.31. The highest BCUT2D eigenvalue weighted by Gasteiger charge is 2.52. The van der Waals surface area contributed by atoms with Gasteiger partial charge in [-0.15, -0.1) is 0 Å². The van der Waals surface area contributed by atoms with Crippen molar-refractivity contribution in [2.45, 2.75) is 18.5 Å². The topological polar surface area (TPSA) is 95.9 Å². The average molecular weight is 916 g/mol. The summed E-state index contributed by atoms with van der Waals surface area (Å²) in [6, 6.07) is 72.5. The Labute approximate surface area is 412 Å². The van der Waals surface area contributed by atoms with Crippen molar-refractivity contribution in [1.82, 2.24) is 0 Å². The van der Waals surface area contributed by atoms with Gasteiger partial charge >= 0.3 is 0 Å². The van der Waals surface area contributed by atoms with E-state index in [0.29, 0.717) is 47.3 Å². The molecule has 9 aromatic carbocycles. The van der Waals surface area contributed by atoms with E-state index in [1.54, 1.807) is 0 Å². The molecule has 0 aromatic heterocycles. The highest BCUT2D eigenvalue weighted by atomic mass is 16.1. The number of hydrogen-bond acceptors (Lipinski definition) is 4. The van der Waals surface area contributed by atoms with E-state index in [-0.39, 0.29) is 5.78 Å². The zero-order chi connectivity index (χ0) is 48.3. The maximum atomic E-state index is 14.8. The number of ketones is 1. The second kappa shape index (κ2) is 19.0. The van der Waals surface area contributed by atoms with Crippen LogP contribution >= 0.6 is 0 Å². The number of carbonyl (C=O) groups is 2. The number of amidine groups is 3. The lowest BCUT2D eigenvalue weighted by molar-refractivity contribution is 0.103. The molecule has 2 aliphatic rings. The highest BCUT2D eigenvalue weighted by molar-refractivity contribution is 6.14. The molecule has 0 saturated heterocycles. The summed E-state index contributed by atoms with van der Waals surface area (Å²) in [6.45, 7) is 8.48. The smallest absolute Gasteiger partial charge is 0.193 e. The Bertz CT molecular complexity index is 3640. The summed E-state index contributed by atoms with van der Waals surface area (Å²) in [5.41, 5.74) is 15.1. The van der Waals surface area contributed by atoms with Crippen molar-refractivity contribution >= 4 is 43.0 Å². The molecule has 2 aliphatic carbocycles. The second-order valence-electron chi connectivity index (χ2n) is 17.6. The van der Waals surface area contributed by atoms with Gasteiger partial charge in [-0.05, 0) is 98.4 Å². The van der Waals surface area contributed by atoms with E-state index in [1.807, 2.05) is 158 Å². The van der Waals surface area contributed by atoms with Crippen LogP contribution in [0, 0.1) is 0 Å². The molecule has 11 rings (SSSR count). The molecule has 338 valence electrons. The van der Waals surface area contributed by atoms with Gasteiger partial charge < -0.3 is 0 Å². The van der Waals surface area contributed by atoms with Gasteiger partial charge in [-0.25, -0.2) is 15.0 Å². The number of fused-ring (bicyclic) bond motifs is 10. The standard InChI is InChI=1S/C64H45N5O2/c1-65-61(48-19-11-5-12-20-48)67-40-43-23-31-52-53-32-24-44(41-70)36-57(53)64(56(52)35-43)58-37-50(60(71)47-27-25-46(26-28-47)45-17-9-4-10-18-45)29-33-54(58)55-34-30-51(38-59(55)64)63(68-39-42-15-7-3-8-16-42)69-62(66-2)49-21-13-6-14-22-49/h3-38,41H,1-2,39-40H2/b67-61-,68-63-,69-62-. The van der Waals surface area contributed by atoms with Crippen LogP contribution in [0.25, 0.3) is 33.4 Å². The van der Waals surface area contributed by atoms with Crippen LogP contribution in [0.15, 0.2) is 243 Å². The molecule has 0 fully saturated rings. The molecule has 1 atom stereocenters. The Morgan fingerprint density at radius 3 is 1.49 bits per heavy atom. The Kier molecular flexibility index (Phi) is 11.8. The monoisotopic (exact) mass is 915 g/mol. The number of aliphatic imine (C=N–C) groups is 5. The van der Waals surface area contributed by atoms with Crippen LogP contribution in [0.1, 0.15) is 76.4 Å². The predicted octanol–water partition coefficient (Wildman–Crippen LogP) is 13.5. The molecule has 0 amide bonds. The van der Waals surface area contributed by atoms with E-state index in [4.69, 9.17) is 15.0 Å². The first-order valence-electron chi connectivity index (χ1n) is 23.5. The van der Waals surface area contributed by atoms with Crippen LogP contribution in [0.3, 0.4) is 0 Å². The number of hydrogen-bond donors (Lipinski definition) is 0. The molecule has 7 heteroatoms. The van der Waals surface area contributed by atoms with Gasteiger partial charge in [0.05, 0.1) is 18.5 Å². The number of aldehydes is 1. The fourth-order valence-corrected chi connectivity index (χ4v) is 10.2. The van der Waals surface area contributed by atoms with Crippen molar-refractivity contribution in [3.63, 3.8) is 0 Å². The predicted molar refractivity (Wildman–Crippen MR) is 289 cm³/mol. The minimum Gasteiger partial charge on any atom is -0.298 e. The highest BCUT2D eigenvalue weighted by Crippen LogP contribution is 2.63. The van der Waals surface area contributed by atoms with Crippen LogP contribution in [0.4, 0.5) is 0 Å². The van der Waals surface area contributed by atoms with Gasteiger partial charge in [0.25, 0.3) is 0 Å². The maximum Gasteiger partial charge on any atom is 0.193 e. The molecule has 0 bridgehead atoms. The van der Waals surface area contributed by atoms with Crippen molar-refractivity contribution in [1.29, 1.82) is 0 Å². The van der Waals surface area contributed by atoms with Crippen LogP contribution in [-0.4, -0.2) is 43.0 Å². The maximum absolute atomic E-state index is 14.8. The Hall–Kier alpha value is -9.33. The minimum atomic E-state index is -0.996. The molecule has 0 aliphatic heterocycles. The number of benzene rings is 9. The molecule has 9 aromatic rings. The van der Waals surface area contributed by atoms with Crippen molar-refractivity contribution in [3.05, 3.63) is 285 Å². The van der Waals surface area contributed by atoms with E-state index in [1.165, 1.54) is 0 Å². The van der Waals surface area contributed by atoms with E-state index in [0.717, 1.165) is 89.7 Å². The zero-order valence-electron chi connectivity index (χ0n) is 38.7. The molecule has 0 saturated carbocycles. The first-order valence-corrected chi connectivity index (χ1v) is 23.5. The molecular weight excluding hydrogens is 871 g/mol. The van der Waals surface area contributed by atoms with Gasteiger partial charge in [0.1, 0.15) is 6.29 Å². The first kappa shape index (κ1) is 44.2. The number of rotatable bonds is 11. The molecular formula is C64H45N5O2. The fraction of sp³-hybridized carbons (Fsp3) is 0.0469. The summed E-state index contributed by atoms with van der Waals surface area (Å²) < 4.78 is 0. The van der Waals surface area contributed by atoms with Gasteiger partial charge in [0, 0.05) is 33.4 Å². The molecule has 71 heavy (non-hydrogen) atoms. The molecule has 1 spiro atoms. The Balaban J connectivity index is 1.13. The largest absolute Gasteiger partial charge is 0.298 e. The number of nitrogens with zero attached hydrogens (tertiary/aromatic N) is 5. The minimum absolute atomic E-state index is 0.0946. The van der Waals surface area contributed by atoms with Crippen molar-refractivity contribution < 1.29 is 9.59 Å². The third kappa shape index (κ3) is 8.09. The molecule has 0 heterocycles.